The van der Waals surface area contributed by atoms with Gasteiger partial charge in [0.25, 0.3) is 0 Å². The van der Waals surface area contributed by atoms with Crippen molar-refractivity contribution < 1.29 is 9.47 Å². The lowest BCUT2D eigenvalue weighted by atomic mass is 10.2. The van der Waals surface area contributed by atoms with Crippen LogP contribution in [-0.4, -0.2) is 32.3 Å². The van der Waals surface area contributed by atoms with Gasteiger partial charge in [-0.2, -0.15) is 0 Å². The summed E-state index contributed by atoms with van der Waals surface area (Å²) >= 11 is 5.58. The Balaban J connectivity index is 2.89. The first-order valence-corrected chi connectivity index (χ1v) is 4.56. The lowest BCUT2D eigenvalue weighted by Crippen LogP contribution is -2.11. The van der Waals surface area contributed by atoms with Crippen LogP contribution < -0.4 is 0 Å². The molecule has 0 saturated carbocycles. The Morgan fingerprint density at radius 1 is 1.27 bits per heavy atom. The van der Waals surface area contributed by atoms with Crippen molar-refractivity contribution in [2.75, 3.05) is 32.3 Å². The molecule has 0 aliphatic rings. The Kier molecular flexibility index (Phi) is 8.47. The van der Waals surface area contributed by atoms with E-state index < -0.39 is 0 Å². The molecule has 0 aromatic carbocycles. The highest BCUT2D eigenvalue weighted by molar-refractivity contribution is 6.18. The fourth-order valence-electron chi connectivity index (χ4n) is 0.591. The number of halogens is 1. The third kappa shape index (κ3) is 8.11. The molecule has 0 aromatic rings. The molecule has 0 aliphatic heterocycles. The third-order valence-electron chi connectivity index (χ3n) is 1.24. The molecule has 2 nitrogen and oxygen atoms in total. The normalized spacial score (nSPS) is 13.4. The Morgan fingerprint density at radius 3 is 2.45 bits per heavy atom. The minimum atomic E-state index is 0.443. The maximum Gasteiger partial charge on any atom is 0.0700 e. The molecule has 0 aromatic heterocycles. The molecule has 0 bridgehead atoms. The lowest BCUT2D eigenvalue weighted by Gasteiger charge is -2.07. The predicted octanol–water partition coefficient (Wildman–Crippen LogP) is 1.91. The van der Waals surface area contributed by atoms with Crippen molar-refractivity contribution in [3.8, 4) is 0 Å². The van der Waals surface area contributed by atoms with Gasteiger partial charge in [0.1, 0.15) is 0 Å². The molecule has 1 unspecified atom stereocenters. The molecule has 1 atom stereocenters. The van der Waals surface area contributed by atoms with Crippen LogP contribution >= 0.6 is 11.6 Å². The molecule has 0 spiro atoms. The van der Waals surface area contributed by atoms with Gasteiger partial charge in [0, 0.05) is 12.5 Å². The van der Waals surface area contributed by atoms with E-state index in [0.717, 1.165) is 13.2 Å². The molecule has 0 aliphatic carbocycles. The second-order valence-corrected chi connectivity index (χ2v) is 2.84. The average Bonchev–Trinajstić information content (AvgIpc) is 2.04. The minimum Gasteiger partial charge on any atom is -0.379 e. The van der Waals surface area contributed by atoms with Crippen molar-refractivity contribution in [1.29, 1.82) is 0 Å². The smallest absolute Gasteiger partial charge is 0.0700 e. The van der Waals surface area contributed by atoms with Crippen molar-refractivity contribution in [3.63, 3.8) is 0 Å². The van der Waals surface area contributed by atoms with E-state index >= 15 is 0 Å². The summed E-state index contributed by atoms with van der Waals surface area (Å²) in [5.74, 6) is 1.10. The monoisotopic (exact) mass is 180 g/mol. The molecule has 0 fully saturated rings. The van der Waals surface area contributed by atoms with Gasteiger partial charge in [-0.3, -0.25) is 0 Å². The first kappa shape index (κ1) is 11.2. The van der Waals surface area contributed by atoms with Gasteiger partial charge >= 0.3 is 0 Å². The van der Waals surface area contributed by atoms with Gasteiger partial charge < -0.3 is 9.47 Å². The van der Waals surface area contributed by atoms with Crippen LogP contribution in [0.25, 0.3) is 0 Å². The summed E-state index contributed by atoms with van der Waals surface area (Å²) in [5, 5.41) is 0. The van der Waals surface area contributed by atoms with Gasteiger partial charge in [0.2, 0.25) is 0 Å². The summed E-state index contributed by atoms with van der Waals surface area (Å²) in [6.07, 6.45) is 0. The highest BCUT2D eigenvalue weighted by Gasteiger charge is 1.98. The van der Waals surface area contributed by atoms with Gasteiger partial charge in [-0.25, -0.2) is 0 Å². The molecule has 0 radical (unpaired) electrons. The van der Waals surface area contributed by atoms with Gasteiger partial charge in [-0.1, -0.05) is 6.92 Å². The second kappa shape index (κ2) is 8.31. The van der Waals surface area contributed by atoms with Crippen molar-refractivity contribution in [1.82, 2.24) is 0 Å². The second-order valence-electron chi connectivity index (χ2n) is 2.53. The van der Waals surface area contributed by atoms with E-state index in [4.69, 9.17) is 21.1 Å². The number of alkyl halides is 1. The summed E-state index contributed by atoms with van der Waals surface area (Å²) < 4.78 is 10.4. The van der Waals surface area contributed by atoms with Crippen molar-refractivity contribution in [2.45, 2.75) is 13.8 Å². The highest BCUT2D eigenvalue weighted by atomic mass is 35.5. The Morgan fingerprint density at radius 2 is 1.91 bits per heavy atom. The number of hydrogen-bond donors (Lipinski definition) is 0. The molecule has 68 valence electrons. The molecule has 11 heavy (non-hydrogen) atoms. The van der Waals surface area contributed by atoms with E-state index in [2.05, 4.69) is 6.92 Å². The first-order chi connectivity index (χ1) is 5.31. The third-order valence-corrected chi connectivity index (χ3v) is 1.77. The van der Waals surface area contributed by atoms with E-state index in [9.17, 15) is 0 Å². The van der Waals surface area contributed by atoms with Crippen LogP contribution in [0.15, 0.2) is 0 Å². The van der Waals surface area contributed by atoms with Crippen LogP contribution in [0.2, 0.25) is 0 Å². The molecular weight excluding hydrogens is 164 g/mol. The summed E-state index contributed by atoms with van der Waals surface area (Å²) in [7, 11) is 0. The molecule has 3 heteroatoms. The Bertz CT molecular complexity index is 78.5. The maximum absolute atomic E-state index is 5.58. The van der Waals surface area contributed by atoms with Crippen molar-refractivity contribution in [2.24, 2.45) is 5.92 Å². The van der Waals surface area contributed by atoms with E-state index in [0.29, 0.717) is 25.0 Å². The van der Waals surface area contributed by atoms with Crippen molar-refractivity contribution >= 4 is 11.6 Å². The summed E-state index contributed by atoms with van der Waals surface area (Å²) in [5.41, 5.74) is 0. The van der Waals surface area contributed by atoms with Gasteiger partial charge in [0.15, 0.2) is 0 Å². The van der Waals surface area contributed by atoms with E-state index in [1.165, 1.54) is 0 Å². The predicted molar refractivity (Wildman–Crippen MR) is 47.2 cm³/mol. The minimum absolute atomic E-state index is 0.443. The zero-order chi connectivity index (χ0) is 8.53. The van der Waals surface area contributed by atoms with Crippen LogP contribution in [-0.2, 0) is 9.47 Å². The number of hydrogen-bond acceptors (Lipinski definition) is 2. The molecule has 0 heterocycles. The summed E-state index contributed by atoms with van der Waals surface area (Å²) in [6, 6.07) is 0. The summed E-state index contributed by atoms with van der Waals surface area (Å²) in [4.78, 5) is 0. The zero-order valence-corrected chi connectivity index (χ0v) is 8.06. The molecular formula is C8H17ClO2. The Labute approximate surface area is 73.8 Å². The van der Waals surface area contributed by atoms with Crippen LogP contribution in [0.4, 0.5) is 0 Å². The van der Waals surface area contributed by atoms with Gasteiger partial charge in [-0.15, -0.1) is 11.6 Å². The van der Waals surface area contributed by atoms with Crippen LogP contribution in [0.1, 0.15) is 13.8 Å². The quantitative estimate of drug-likeness (QED) is 0.440. The highest BCUT2D eigenvalue weighted by Crippen LogP contribution is 1.97. The van der Waals surface area contributed by atoms with Crippen molar-refractivity contribution in [3.05, 3.63) is 0 Å². The average molecular weight is 181 g/mol. The number of rotatable bonds is 7. The summed E-state index contributed by atoms with van der Waals surface area (Å²) in [6.45, 7) is 6.89. The standard InChI is InChI=1S/C8H17ClO2/c1-3-10-4-5-11-7-8(2)6-9/h8H,3-7H2,1-2H3. The topological polar surface area (TPSA) is 18.5 Å². The molecule has 0 N–H and O–H groups in total. The molecule has 0 saturated heterocycles. The first-order valence-electron chi connectivity index (χ1n) is 4.02. The molecule has 0 amide bonds. The molecule has 0 rings (SSSR count). The van der Waals surface area contributed by atoms with Crippen LogP contribution in [0, 0.1) is 5.92 Å². The van der Waals surface area contributed by atoms with Crippen LogP contribution in [0.3, 0.4) is 0 Å². The van der Waals surface area contributed by atoms with Crippen LogP contribution in [0.5, 0.6) is 0 Å². The number of ether oxygens (including phenoxy) is 2. The fourth-order valence-corrected chi connectivity index (χ4v) is 0.680. The zero-order valence-electron chi connectivity index (χ0n) is 7.31. The maximum atomic E-state index is 5.58. The largest absolute Gasteiger partial charge is 0.379 e. The van der Waals surface area contributed by atoms with Gasteiger partial charge in [-0.05, 0) is 12.8 Å². The SMILES string of the molecule is CCOCCOCC(C)CCl. The van der Waals surface area contributed by atoms with E-state index in [-0.39, 0.29) is 0 Å². The van der Waals surface area contributed by atoms with Gasteiger partial charge in [0.05, 0.1) is 19.8 Å². The fraction of sp³-hybridized carbons (Fsp3) is 1.00. The Hall–Kier alpha value is 0.210. The van der Waals surface area contributed by atoms with E-state index in [1.807, 2.05) is 6.92 Å². The lowest BCUT2D eigenvalue weighted by molar-refractivity contribution is 0.0426. The van der Waals surface area contributed by atoms with E-state index in [1.54, 1.807) is 0 Å².